The minimum atomic E-state index is -1.17. The summed E-state index contributed by atoms with van der Waals surface area (Å²) in [4.78, 5) is 37.4. The molecule has 0 radical (unpaired) electrons. The van der Waals surface area contributed by atoms with E-state index in [1.54, 1.807) is 42.5 Å². The van der Waals surface area contributed by atoms with Gasteiger partial charge in [-0.1, -0.05) is 41.9 Å². The van der Waals surface area contributed by atoms with Crippen molar-refractivity contribution in [1.82, 2.24) is 5.06 Å². The second-order valence-corrected chi connectivity index (χ2v) is 6.60. The van der Waals surface area contributed by atoms with Crippen molar-refractivity contribution < 1.29 is 24.7 Å². The number of carbonyl (C=O) groups is 3. The predicted octanol–water partition coefficient (Wildman–Crippen LogP) is 2.88. The maximum Gasteiger partial charge on any atom is 0.305 e. The average Bonchev–Trinajstić information content (AvgIpc) is 2.95. The van der Waals surface area contributed by atoms with Crippen LogP contribution in [0, 0.1) is 0 Å². The van der Waals surface area contributed by atoms with Crippen molar-refractivity contribution in [2.75, 3.05) is 4.90 Å². The highest BCUT2D eigenvalue weighted by atomic mass is 35.5. The summed E-state index contributed by atoms with van der Waals surface area (Å²) < 4.78 is 0. The summed E-state index contributed by atoms with van der Waals surface area (Å²) in [6, 6.07) is 12.5. The summed E-state index contributed by atoms with van der Waals surface area (Å²) in [5.41, 5.74) is 0.882. The molecule has 0 spiro atoms. The Kier molecular flexibility index (Phi) is 5.55. The zero-order valence-electron chi connectivity index (χ0n) is 14.2. The Morgan fingerprint density at radius 3 is 2.37 bits per heavy atom. The van der Waals surface area contributed by atoms with Gasteiger partial charge in [0.05, 0.1) is 24.6 Å². The third-order valence-corrected chi connectivity index (χ3v) is 4.65. The molecule has 140 valence electrons. The lowest BCUT2D eigenvalue weighted by Gasteiger charge is -2.29. The number of nitrogens with zero attached hydrogens (tertiary/aromatic N) is 2. The molecule has 0 bridgehead atoms. The molecule has 27 heavy (non-hydrogen) atoms. The molecule has 1 saturated heterocycles. The molecule has 2 N–H and O–H groups in total. The highest BCUT2D eigenvalue weighted by Crippen LogP contribution is 2.31. The van der Waals surface area contributed by atoms with E-state index in [4.69, 9.17) is 11.6 Å². The minimum Gasteiger partial charge on any atom is -0.481 e. The first-order chi connectivity index (χ1) is 12.9. The van der Waals surface area contributed by atoms with E-state index in [1.165, 1.54) is 12.1 Å². The van der Waals surface area contributed by atoms with Gasteiger partial charge in [-0.2, -0.15) is 5.06 Å². The second-order valence-electron chi connectivity index (χ2n) is 6.17. The lowest BCUT2D eigenvalue weighted by molar-refractivity contribution is -0.176. The van der Waals surface area contributed by atoms with Crippen LogP contribution in [-0.2, 0) is 14.4 Å². The van der Waals surface area contributed by atoms with E-state index in [0.717, 1.165) is 4.90 Å². The summed E-state index contributed by atoms with van der Waals surface area (Å²) in [5.74, 6) is -2.22. The molecule has 3 rings (SSSR count). The zero-order chi connectivity index (χ0) is 19.6. The van der Waals surface area contributed by atoms with E-state index in [-0.39, 0.29) is 6.42 Å². The smallest absolute Gasteiger partial charge is 0.305 e. The van der Waals surface area contributed by atoms with Gasteiger partial charge in [0.1, 0.15) is 6.04 Å². The number of imide groups is 1. The number of carbonyl (C=O) groups excluding carboxylic acids is 2. The van der Waals surface area contributed by atoms with Crippen molar-refractivity contribution in [3.8, 4) is 0 Å². The molecule has 1 fully saturated rings. The van der Waals surface area contributed by atoms with Crippen molar-refractivity contribution in [2.24, 2.45) is 0 Å². The zero-order valence-corrected chi connectivity index (χ0v) is 14.9. The highest BCUT2D eigenvalue weighted by molar-refractivity contribution is 6.30. The van der Waals surface area contributed by atoms with Gasteiger partial charge in [-0.15, -0.1) is 0 Å². The van der Waals surface area contributed by atoms with Crippen molar-refractivity contribution in [2.45, 2.75) is 24.9 Å². The Morgan fingerprint density at radius 1 is 1.15 bits per heavy atom. The SMILES string of the molecule is O=C(O)C[C@H](c1ccccc1)N(O)[C@@H]1CC(=O)N(c2ccc(Cl)cc2)C1=O. The normalized spacial score (nSPS) is 18.2. The number of rotatable bonds is 6. The monoisotopic (exact) mass is 388 g/mol. The van der Waals surface area contributed by atoms with Crippen molar-refractivity contribution in [1.29, 1.82) is 0 Å². The Labute approximate surface area is 160 Å². The first-order valence-corrected chi connectivity index (χ1v) is 8.62. The van der Waals surface area contributed by atoms with Gasteiger partial charge in [0.15, 0.2) is 0 Å². The van der Waals surface area contributed by atoms with Gasteiger partial charge < -0.3 is 10.3 Å². The molecule has 1 aliphatic heterocycles. The van der Waals surface area contributed by atoms with E-state index in [2.05, 4.69) is 0 Å². The number of hydroxylamine groups is 2. The van der Waals surface area contributed by atoms with Gasteiger partial charge >= 0.3 is 5.97 Å². The van der Waals surface area contributed by atoms with Crippen LogP contribution in [0.5, 0.6) is 0 Å². The van der Waals surface area contributed by atoms with E-state index in [1.807, 2.05) is 0 Å². The van der Waals surface area contributed by atoms with E-state index in [9.17, 15) is 24.7 Å². The van der Waals surface area contributed by atoms with Crippen LogP contribution < -0.4 is 4.90 Å². The highest BCUT2D eigenvalue weighted by Gasteiger charge is 2.45. The topological polar surface area (TPSA) is 98.2 Å². The van der Waals surface area contributed by atoms with E-state index >= 15 is 0 Å². The van der Waals surface area contributed by atoms with Crippen molar-refractivity contribution in [3.63, 3.8) is 0 Å². The fourth-order valence-electron chi connectivity index (χ4n) is 3.11. The molecular weight excluding hydrogens is 372 g/mol. The lowest BCUT2D eigenvalue weighted by atomic mass is 10.0. The Hall–Kier alpha value is -2.74. The van der Waals surface area contributed by atoms with Gasteiger partial charge in [0.25, 0.3) is 5.91 Å². The van der Waals surface area contributed by atoms with Gasteiger partial charge in [-0.25, -0.2) is 4.90 Å². The van der Waals surface area contributed by atoms with Crippen LogP contribution in [0.15, 0.2) is 54.6 Å². The number of halogens is 1. The summed E-state index contributed by atoms with van der Waals surface area (Å²) in [5, 5.41) is 21.0. The number of benzene rings is 2. The average molecular weight is 389 g/mol. The minimum absolute atomic E-state index is 0.249. The lowest BCUT2D eigenvalue weighted by Crippen LogP contribution is -2.42. The first-order valence-electron chi connectivity index (χ1n) is 8.25. The number of hydrogen-bond donors (Lipinski definition) is 2. The molecule has 2 aromatic rings. The fourth-order valence-corrected chi connectivity index (χ4v) is 3.23. The van der Waals surface area contributed by atoms with Crippen LogP contribution in [0.2, 0.25) is 5.02 Å². The molecule has 0 saturated carbocycles. The van der Waals surface area contributed by atoms with Crippen molar-refractivity contribution in [3.05, 3.63) is 65.2 Å². The van der Waals surface area contributed by atoms with Gasteiger partial charge in [-0.3, -0.25) is 14.4 Å². The second kappa shape index (κ2) is 7.87. The number of anilines is 1. The maximum absolute atomic E-state index is 12.8. The van der Waals surface area contributed by atoms with Crippen LogP contribution in [0.4, 0.5) is 5.69 Å². The number of amides is 2. The molecule has 0 aromatic heterocycles. The Morgan fingerprint density at radius 2 is 1.78 bits per heavy atom. The fraction of sp³-hybridized carbons (Fsp3) is 0.211. The van der Waals surface area contributed by atoms with Crippen LogP contribution in [0.25, 0.3) is 0 Å². The molecular formula is C19H17ClN2O5. The third kappa shape index (κ3) is 4.00. The number of hydrogen-bond acceptors (Lipinski definition) is 5. The molecule has 0 aliphatic carbocycles. The first kappa shape index (κ1) is 19.0. The number of aliphatic carboxylic acids is 1. The molecule has 2 atom stereocenters. The molecule has 1 heterocycles. The standard InChI is InChI=1S/C19H17ClN2O5/c20-13-6-8-14(9-7-13)21-17(23)10-16(19(21)26)22(27)15(11-18(24)25)12-4-2-1-3-5-12/h1-9,15-16,27H,10-11H2,(H,24,25)/t15-,16-/m1/s1. The van der Waals surface area contributed by atoms with Crippen LogP contribution in [0.1, 0.15) is 24.4 Å². The van der Waals surface area contributed by atoms with Crippen LogP contribution >= 0.6 is 11.6 Å². The van der Waals surface area contributed by atoms with Gasteiger partial charge in [0, 0.05) is 5.02 Å². The largest absolute Gasteiger partial charge is 0.481 e. The predicted molar refractivity (Wildman–Crippen MR) is 97.4 cm³/mol. The summed E-state index contributed by atoms with van der Waals surface area (Å²) >= 11 is 5.84. The van der Waals surface area contributed by atoms with E-state index < -0.39 is 36.3 Å². The quantitative estimate of drug-likeness (QED) is 0.583. The number of carboxylic acid groups (broad SMARTS) is 1. The van der Waals surface area contributed by atoms with Crippen LogP contribution in [-0.4, -0.2) is 39.2 Å². The van der Waals surface area contributed by atoms with Gasteiger partial charge in [0.2, 0.25) is 5.91 Å². The van der Waals surface area contributed by atoms with Crippen LogP contribution in [0.3, 0.4) is 0 Å². The van der Waals surface area contributed by atoms with Crippen molar-refractivity contribution >= 4 is 35.1 Å². The molecule has 8 heteroatoms. The Bertz CT molecular complexity index is 856. The van der Waals surface area contributed by atoms with E-state index in [0.29, 0.717) is 21.3 Å². The maximum atomic E-state index is 12.8. The molecule has 0 unspecified atom stereocenters. The molecule has 2 amide bonds. The third-order valence-electron chi connectivity index (χ3n) is 4.40. The number of carboxylic acids is 1. The van der Waals surface area contributed by atoms with Gasteiger partial charge in [-0.05, 0) is 29.8 Å². The summed E-state index contributed by atoms with van der Waals surface area (Å²) in [6.45, 7) is 0. The molecule has 7 nitrogen and oxygen atoms in total. The summed E-state index contributed by atoms with van der Waals surface area (Å²) in [6.07, 6.45) is -0.666. The summed E-state index contributed by atoms with van der Waals surface area (Å²) in [7, 11) is 0. The molecule has 1 aliphatic rings. The molecule has 2 aromatic carbocycles. The Balaban J connectivity index is 1.87.